The van der Waals surface area contributed by atoms with Crippen LogP contribution in [0.5, 0.6) is 11.5 Å². The molecule has 0 saturated heterocycles. The van der Waals surface area contributed by atoms with E-state index in [-0.39, 0.29) is 16.8 Å². The molecule has 2 aromatic heterocycles. The van der Waals surface area contributed by atoms with Crippen LogP contribution in [0.3, 0.4) is 0 Å². The summed E-state index contributed by atoms with van der Waals surface area (Å²) in [5.41, 5.74) is 1.92. The minimum atomic E-state index is -0.540. The SMILES string of the molecule is COc1ccc(OC)c(-c2c3c(nc4c2c(=O)n(C)c(=O)n4C)-c2ccccc2C3=O)c1. The summed E-state index contributed by atoms with van der Waals surface area (Å²) in [5.74, 6) is 0.755. The number of pyridine rings is 1. The first-order valence-electron chi connectivity index (χ1n) is 9.89. The van der Waals surface area contributed by atoms with Crippen molar-refractivity contribution >= 4 is 16.8 Å². The summed E-state index contributed by atoms with van der Waals surface area (Å²) in [6.45, 7) is 0. The highest BCUT2D eigenvalue weighted by Gasteiger charge is 2.35. The van der Waals surface area contributed by atoms with Crippen LogP contribution in [0, 0.1) is 0 Å². The minimum absolute atomic E-state index is 0.168. The molecule has 2 heterocycles. The summed E-state index contributed by atoms with van der Waals surface area (Å²) in [7, 11) is 6.00. The molecule has 0 radical (unpaired) electrons. The number of fused-ring (bicyclic) bond motifs is 4. The van der Waals surface area contributed by atoms with E-state index in [0.29, 0.717) is 45.0 Å². The lowest BCUT2D eigenvalue weighted by Crippen LogP contribution is -2.37. The molecule has 1 aliphatic rings. The predicted molar refractivity (Wildman–Crippen MR) is 120 cm³/mol. The van der Waals surface area contributed by atoms with E-state index in [1.54, 1.807) is 37.4 Å². The van der Waals surface area contributed by atoms with Crippen molar-refractivity contribution in [3.8, 4) is 33.9 Å². The maximum Gasteiger partial charge on any atom is 0.332 e. The van der Waals surface area contributed by atoms with Crippen molar-refractivity contribution in [3.63, 3.8) is 0 Å². The summed E-state index contributed by atoms with van der Waals surface area (Å²) in [6.07, 6.45) is 0. The topological polar surface area (TPSA) is 92.4 Å². The van der Waals surface area contributed by atoms with Crippen molar-refractivity contribution in [2.75, 3.05) is 14.2 Å². The number of ketones is 1. The second kappa shape index (κ2) is 6.91. The average molecular weight is 429 g/mol. The minimum Gasteiger partial charge on any atom is -0.497 e. The number of aromatic nitrogens is 3. The monoisotopic (exact) mass is 429 g/mol. The van der Waals surface area contributed by atoms with Crippen molar-refractivity contribution in [1.82, 2.24) is 14.1 Å². The molecular weight excluding hydrogens is 410 g/mol. The molecule has 8 heteroatoms. The summed E-state index contributed by atoms with van der Waals surface area (Å²) in [5, 5.41) is 0.168. The number of hydrogen-bond donors (Lipinski definition) is 0. The van der Waals surface area contributed by atoms with Crippen LogP contribution < -0.4 is 20.7 Å². The molecule has 8 nitrogen and oxygen atoms in total. The van der Waals surface area contributed by atoms with E-state index < -0.39 is 11.2 Å². The van der Waals surface area contributed by atoms with Gasteiger partial charge in [0.2, 0.25) is 0 Å². The third-order valence-corrected chi connectivity index (χ3v) is 5.92. The van der Waals surface area contributed by atoms with Crippen LogP contribution in [-0.4, -0.2) is 34.1 Å². The lowest BCUT2D eigenvalue weighted by Gasteiger charge is -2.17. The zero-order valence-electron chi connectivity index (χ0n) is 17.9. The van der Waals surface area contributed by atoms with Gasteiger partial charge in [0.15, 0.2) is 11.4 Å². The van der Waals surface area contributed by atoms with Gasteiger partial charge in [0.25, 0.3) is 5.56 Å². The second-order valence-electron chi connectivity index (χ2n) is 7.56. The van der Waals surface area contributed by atoms with Crippen molar-refractivity contribution in [2.45, 2.75) is 0 Å². The largest absolute Gasteiger partial charge is 0.497 e. The van der Waals surface area contributed by atoms with Gasteiger partial charge >= 0.3 is 5.69 Å². The van der Waals surface area contributed by atoms with E-state index in [1.807, 2.05) is 12.1 Å². The number of rotatable bonds is 3. The predicted octanol–water partition coefficient (Wildman–Crippen LogP) is 2.53. The number of aryl methyl sites for hydroxylation is 1. The van der Waals surface area contributed by atoms with Crippen LogP contribution in [0.1, 0.15) is 15.9 Å². The van der Waals surface area contributed by atoms with Crippen molar-refractivity contribution in [1.29, 1.82) is 0 Å². The molecule has 0 atom stereocenters. The molecule has 5 rings (SSSR count). The molecular formula is C24H19N3O5. The standard InChI is InChI=1S/C24H19N3O5/c1-26-22-19(23(29)27(2)24(26)30)17(15-11-12(31-3)9-10-16(15)32-4)18-20(25-22)13-7-5-6-8-14(13)21(18)28/h5-11H,1-4H3. The van der Waals surface area contributed by atoms with Gasteiger partial charge in [0.1, 0.15) is 11.5 Å². The first kappa shape index (κ1) is 19.7. The zero-order valence-corrected chi connectivity index (χ0v) is 17.9. The highest BCUT2D eigenvalue weighted by molar-refractivity contribution is 6.26. The third-order valence-electron chi connectivity index (χ3n) is 5.92. The Hall–Kier alpha value is -4.20. The Morgan fingerprint density at radius 3 is 2.22 bits per heavy atom. The van der Waals surface area contributed by atoms with Gasteiger partial charge < -0.3 is 9.47 Å². The van der Waals surface area contributed by atoms with Gasteiger partial charge in [-0.3, -0.25) is 18.7 Å². The van der Waals surface area contributed by atoms with Crippen molar-refractivity contribution in [3.05, 3.63) is 74.4 Å². The first-order chi connectivity index (χ1) is 15.4. The van der Waals surface area contributed by atoms with Crippen LogP contribution in [0.4, 0.5) is 0 Å². The zero-order chi connectivity index (χ0) is 22.7. The van der Waals surface area contributed by atoms with E-state index >= 15 is 0 Å². The van der Waals surface area contributed by atoms with E-state index in [4.69, 9.17) is 9.47 Å². The van der Waals surface area contributed by atoms with Crippen LogP contribution in [-0.2, 0) is 14.1 Å². The van der Waals surface area contributed by atoms with Gasteiger partial charge in [-0.1, -0.05) is 24.3 Å². The molecule has 0 saturated carbocycles. The lowest BCUT2D eigenvalue weighted by atomic mass is 9.94. The summed E-state index contributed by atoms with van der Waals surface area (Å²) < 4.78 is 13.3. The van der Waals surface area contributed by atoms with Crippen LogP contribution in [0.25, 0.3) is 33.4 Å². The lowest BCUT2D eigenvalue weighted by molar-refractivity contribution is 0.104. The van der Waals surface area contributed by atoms with E-state index in [9.17, 15) is 14.4 Å². The first-order valence-corrected chi connectivity index (χ1v) is 9.89. The number of benzene rings is 2. The van der Waals surface area contributed by atoms with Gasteiger partial charge in [-0.15, -0.1) is 0 Å². The Morgan fingerprint density at radius 1 is 0.812 bits per heavy atom. The second-order valence-corrected chi connectivity index (χ2v) is 7.56. The fraction of sp³-hybridized carbons (Fsp3) is 0.167. The molecule has 0 bridgehead atoms. The Bertz CT molecular complexity index is 1580. The Balaban J connectivity index is 2.08. The van der Waals surface area contributed by atoms with Gasteiger partial charge in [-0.25, -0.2) is 9.78 Å². The molecule has 0 aliphatic heterocycles. The number of carbonyl (C=O) groups is 1. The molecule has 4 aromatic rings. The Morgan fingerprint density at radius 2 is 1.53 bits per heavy atom. The van der Waals surface area contributed by atoms with Crippen molar-refractivity contribution in [2.24, 2.45) is 14.1 Å². The molecule has 0 fully saturated rings. The summed E-state index contributed by atoms with van der Waals surface area (Å²) in [6, 6.07) is 12.3. The maximum absolute atomic E-state index is 13.5. The van der Waals surface area contributed by atoms with Gasteiger partial charge in [0, 0.05) is 36.3 Å². The van der Waals surface area contributed by atoms with E-state index in [0.717, 1.165) is 4.57 Å². The molecule has 0 N–H and O–H groups in total. The fourth-order valence-electron chi connectivity index (χ4n) is 4.31. The smallest absolute Gasteiger partial charge is 0.332 e. The quantitative estimate of drug-likeness (QED) is 0.438. The molecule has 0 unspecified atom stereocenters. The third kappa shape index (κ3) is 2.49. The van der Waals surface area contributed by atoms with E-state index in [1.165, 1.54) is 25.8 Å². The number of methoxy groups -OCH3 is 2. The molecule has 1 aliphatic carbocycles. The number of carbonyl (C=O) groups excluding carboxylic acids is 1. The Kier molecular flexibility index (Phi) is 4.27. The molecule has 32 heavy (non-hydrogen) atoms. The average Bonchev–Trinajstić information content (AvgIpc) is 3.11. The number of nitrogens with zero attached hydrogens (tertiary/aromatic N) is 3. The maximum atomic E-state index is 13.5. The highest BCUT2D eigenvalue weighted by atomic mass is 16.5. The Labute approximate surface area is 182 Å². The van der Waals surface area contributed by atoms with Crippen LogP contribution in [0.2, 0.25) is 0 Å². The molecule has 0 spiro atoms. The van der Waals surface area contributed by atoms with Crippen LogP contribution in [0.15, 0.2) is 52.1 Å². The van der Waals surface area contributed by atoms with E-state index in [2.05, 4.69) is 4.98 Å². The molecule has 160 valence electrons. The number of ether oxygens (including phenoxy) is 2. The van der Waals surface area contributed by atoms with Gasteiger partial charge in [-0.05, 0) is 18.2 Å². The van der Waals surface area contributed by atoms with Crippen molar-refractivity contribution < 1.29 is 14.3 Å². The van der Waals surface area contributed by atoms with Gasteiger partial charge in [-0.2, -0.15) is 0 Å². The fourth-order valence-corrected chi connectivity index (χ4v) is 4.31. The normalized spacial score (nSPS) is 12.1. The highest BCUT2D eigenvalue weighted by Crippen LogP contribution is 2.45. The van der Waals surface area contributed by atoms with Crippen LogP contribution >= 0.6 is 0 Å². The molecule has 2 aromatic carbocycles. The molecule has 0 amide bonds. The summed E-state index contributed by atoms with van der Waals surface area (Å²) >= 11 is 0. The van der Waals surface area contributed by atoms with Gasteiger partial charge in [0.05, 0.1) is 30.9 Å². The number of hydrogen-bond acceptors (Lipinski definition) is 6. The summed E-state index contributed by atoms with van der Waals surface area (Å²) in [4.78, 5) is 44.2.